The van der Waals surface area contributed by atoms with Crippen LogP contribution >= 0.6 is 0 Å². The van der Waals surface area contributed by atoms with Gasteiger partial charge in [-0.2, -0.15) is 0 Å². The number of para-hydroxylation sites is 1. The van der Waals surface area contributed by atoms with Crippen molar-refractivity contribution in [3.05, 3.63) is 95.5 Å². The molecule has 0 spiro atoms. The molecule has 0 aliphatic carbocycles. The van der Waals surface area contributed by atoms with Gasteiger partial charge in [-0.3, -0.25) is 14.5 Å². The Bertz CT molecular complexity index is 1500. The highest BCUT2D eigenvalue weighted by Crippen LogP contribution is 2.44. The molecular weight excluding hydrogens is 472 g/mol. The number of anilines is 2. The van der Waals surface area contributed by atoms with E-state index in [1.54, 1.807) is 30.3 Å². The summed E-state index contributed by atoms with van der Waals surface area (Å²) in [7, 11) is 6.86. The minimum atomic E-state index is -0.900. The number of carbonyl (C=O) groups excluding carboxylic acids is 2. The van der Waals surface area contributed by atoms with Crippen molar-refractivity contribution in [2.45, 2.75) is 6.04 Å². The number of carbonyl (C=O) groups is 2. The number of furan rings is 1. The molecule has 0 saturated heterocycles. The smallest absolute Gasteiger partial charge is 0.294 e. The van der Waals surface area contributed by atoms with Crippen molar-refractivity contribution in [3.63, 3.8) is 0 Å². The number of Topliss-reactive ketones (excluding diaryl/α,β-unsaturated/α-hetero) is 1. The fourth-order valence-electron chi connectivity index (χ4n) is 4.57. The summed E-state index contributed by atoms with van der Waals surface area (Å²) in [6.07, 6.45) is 0. The predicted molar refractivity (Wildman–Crippen MR) is 141 cm³/mol. The standard InChI is InChI=1S/C29H26N2O6/c1-30(2)19-11-9-17(10-12-19)26-25(27(32)24-15-18-7-5-6-8-21(18)37-24)28(33)29(34)31(26)20-13-14-22(35-3)23(16-20)36-4/h5-16,26,33H,1-4H3. The number of ketones is 1. The zero-order valence-electron chi connectivity index (χ0n) is 20.9. The molecule has 3 aromatic carbocycles. The molecule has 1 N–H and O–H groups in total. The van der Waals surface area contributed by atoms with Crippen molar-refractivity contribution in [2.75, 3.05) is 38.1 Å². The zero-order chi connectivity index (χ0) is 26.3. The molecule has 0 radical (unpaired) electrons. The summed E-state index contributed by atoms with van der Waals surface area (Å²) in [5, 5.41) is 11.8. The molecule has 5 rings (SSSR count). The van der Waals surface area contributed by atoms with Crippen LogP contribution in [0.15, 0.2) is 88.5 Å². The fourth-order valence-corrected chi connectivity index (χ4v) is 4.57. The number of rotatable bonds is 7. The molecule has 188 valence electrons. The maximum absolute atomic E-state index is 13.8. The van der Waals surface area contributed by atoms with Crippen LogP contribution in [0.25, 0.3) is 11.0 Å². The van der Waals surface area contributed by atoms with Crippen LogP contribution in [0.4, 0.5) is 11.4 Å². The number of hydrogen-bond donors (Lipinski definition) is 1. The predicted octanol–water partition coefficient (Wildman–Crippen LogP) is 5.30. The molecule has 37 heavy (non-hydrogen) atoms. The Morgan fingerprint density at radius 3 is 2.30 bits per heavy atom. The summed E-state index contributed by atoms with van der Waals surface area (Å²) in [4.78, 5) is 30.6. The largest absolute Gasteiger partial charge is 0.503 e. The Morgan fingerprint density at radius 2 is 1.65 bits per heavy atom. The Balaban J connectivity index is 1.66. The molecule has 1 aliphatic rings. The number of methoxy groups -OCH3 is 2. The van der Waals surface area contributed by atoms with E-state index in [1.807, 2.05) is 61.5 Å². The number of benzene rings is 3. The molecule has 1 unspecified atom stereocenters. The first-order chi connectivity index (χ1) is 17.8. The van der Waals surface area contributed by atoms with Gasteiger partial charge in [0.15, 0.2) is 23.0 Å². The van der Waals surface area contributed by atoms with Crippen molar-refractivity contribution in [3.8, 4) is 11.5 Å². The van der Waals surface area contributed by atoms with Gasteiger partial charge in [0.2, 0.25) is 5.78 Å². The van der Waals surface area contributed by atoms with Gasteiger partial charge >= 0.3 is 0 Å². The number of ether oxygens (including phenoxy) is 2. The van der Waals surface area contributed by atoms with Crippen LogP contribution in [0.1, 0.15) is 22.2 Å². The van der Waals surface area contributed by atoms with Crippen LogP contribution in [0, 0.1) is 0 Å². The van der Waals surface area contributed by atoms with Crippen LogP contribution in [-0.2, 0) is 4.79 Å². The van der Waals surface area contributed by atoms with E-state index in [2.05, 4.69) is 0 Å². The number of fused-ring (bicyclic) bond motifs is 1. The van der Waals surface area contributed by atoms with Gasteiger partial charge in [0, 0.05) is 36.9 Å². The van der Waals surface area contributed by atoms with Crippen molar-refractivity contribution >= 4 is 34.0 Å². The van der Waals surface area contributed by atoms with Crippen molar-refractivity contribution < 1.29 is 28.6 Å². The molecule has 0 bridgehead atoms. The van der Waals surface area contributed by atoms with Crippen molar-refractivity contribution in [1.29, 1.82) is 0 Å². The second-order valence-electron chi connectivity index (χ2n) is 8.84. The Kier molecular flexibility index (Phi) is 6.09. The molecule has 2 heterocycles. The van der Waals surface area contributed by atoms with E-state index in [0.29, 0.717) is 28.3 Å². The van der Waals surface area contributed by atoms with Gasteiger partial charge in [-0.05, 0) is 42.0 Å². The van der Waals surface area contributed by atoms with E-state index in [9.17, 15) is 14.7 Å². The van der Waals surface area contributed by atoms with Gasteiger partial charge in [0.1, 0.15) is 5.58 Å². The van der Waals surface area contributed by atoms with E-state index < -0.39 is 23.5 Å². The molecule has 8 nitrogen and oxygen atoms in total. The highest BCUT2D eigenvalue weighted by molar-refractivity contribution is 6.20. The molecule has 4 aromatic rings. The highest BCUT2D eigenvalue weighted by Gasteiger charge is 2.45. The number of aliphatic hydroxyl groups excluding tert-OH is 1. The summed E-state index contributed by atoms with van der Waals surface area (Å²) in [6.45, 7) is 0. The van der Waals surface area contributed by atoms with E-state index in [4.69, 9.17) is 13.9 Å². The minimum Gasteiger partial charge on any atom is -0.503 e. The molecule has 0 fully saturated rings. The van der Waals surface area contributed by atoms with Crippen LogP contribution in [-0.4, -0.2) is 45.1 Å². The quantitative estimate of drug-likeness (QED) is 0.346. The Labute approximate surface area is 213 Å². The van der Waals surface area contributed by atoms with Gasteiger partial charge in [-0.15, -0.1) is 0 Å². The fraction of sp³-hybridized carbons (Fsp3) is 0.172. The number of amides is 1. The highest BCUT2D eigenvalue weighted by atomic mass is 16.5. The lowest BCUT2D eigenvalue weighted by atomic mass is 9.94. The van der Waals surface area contributed by atoms with Crippen LogP contribution < -0.4 is 19.3 Å². The maximum atomic E-state index is 13.8. The second kappa shape index (κ2) is 9.39. The molecule has 8 heteroatoms. The zero-order valence-corrected chi connectivity index (χ0v) is 20.9. The van der Waals surface area contributed by atoms with Crippen LogP contribution in [0.3, 0.4) is 0 Å². The monoisotopic (exact) mass is 498 g/mol. The maximum Gasteiger partial charge on any atom is 0.294 e. The molecule has 1 aliphatic heterocycles. The lowest BCUT2D eigenvalue weighted by Gasteiger charge is -2.27. The molecule has 1 amide bonds. The lowest BCUT2D eigenvalue weighted by molar-refractivity contribution is -0.117. The topological polar surface area (TPSA) is 92.5 Å². The summed E-state index contributed by atoms with van der Waals surface area (Å²) in [5.74, 6) is -0.951. The van der Waals surface area contributed by atoms with Crippen molar-refractivity contribution in [2.24, 2.45) is 0 Å². The average molecular weight is 499 g/mol. The number of aliphatic hydroxyl groups is 1. The third kappa shape index (κ3) is 4.06. The summed E-state index contributed by atoms with van der Waals surface area (Å²) in [6, 6.07) is 20.4. The summed E-state index contributed by atoms with van der Waals surface area (Å²) in [5.41, 5.74) is 2.51. The Morgan fingerprint density at radius 1 is 0.946 bits per heavy atom. The number of hydrogen-bond acceptors (Lipinski definition) is 7. The molecule has 1 aromatic heterocycles. The first-order valence-corrected chi connectivity index (χ1v) is 11.6. The number of nitrogens with zero attached hydrogens (tertiary/aromatic N) is 2. The van der Waals surface area contributed by atoms with E-state index >= 15 is 0 Å². The lowest BCUT2D eigenvalue weighted by Crippen LogP contribution is -2.31. The van der Waals surface area contributed by atoms with E-state index in [0.717, 1.165) is 11.1 Å². The van der Waals surface area contributed by atoms with E-state index in [1.165, 1.54) is 19.1 Å². The summed E-state index contributed by atoms with van der Waals surface area (Å²) < 4.78 is 16.6. The van der Waals surface area contributed by atoms with Gasteiger partial charge in [0.25, 0.3) is 5.91 Å². The van der Waals surface area contributed by atoms with Gasteiger partial charge in [-0.1, -0.05) is 30.3 Å². The third-order valence-corrected chi connectivity index (χ3v) is 6.47. The molecule has 1 atom stereocenters. The van der Waals surface area contributed by atoms with Crippen LogP contribution in [0.2, 0.25) is 0 Å². The van der Waals surface area contributed by atoms with E-state index in [-0.39, 0.29) is 11.3 Å². The van der Waals surface area contributed by atoms with Crippen LogP contribution in [0.5, 0.6) is 11.5 Å². The average Bonchev–Trinajstić information content (AvgIpc) is 3.47. The minimum absolute atomic E-state index is 0.0413. The third-order valence-electron chi connectivity index (χ3n) is 6.47. The van der Waals surface area contributed by atoms with Gasteiger partial charge in [-0.25, -0.2) is 0 Å². The first kappa shape index (κ1) is 24.0. The van der Waals surface area contributed by atoms with Crippen molar-refractivity contribution in [1.82, 2.24) is 0 Å². The van der Waals surface area contributed by atoms with Gasteiger partial charge < -0.3 is 23.9 Å². The van der Waals surface area contributed by atoms with Gasteiger partial charge in [0.05, 0.1) is 25.8 Å². The first-order valence-electron chi connectivity index (χ1n) is 11.6. The Hall–Kier alpha value is -4.72. The normalized spacial score (nSPS) is 15.4. The molecular formula is C29H26N2O6. The summed E-state index contributed by atoms with van der Waals surface area (Å²) >= 11 is 0. The molecule has 0 saturated carbocycles. The SMILES string of the molecule is COc1ccc(N2C(=O)C(O)=C(C(=O)c3cc4ccccc4o3)C2c2ccc(N(C)C)cc2)cc1OC. The second-order valence-corrected chi connectivity index (χ2v) is 8.84.